The Hall–Kier alpha value is -7.10. The highest BCUT2D eigenvalue weighted by molar-refractivity contribution is 6.19. The second-order valence-electron chi connectivity index (χ2n) is 13.7. The molecule has 0 atom stereocenters. The zero-order chi connectivity index (χ0) is 34.9. The quantitative estimate of drug-likeness (QED) is 0.181. The molecule has 0 saturated carbocycles. The molecule has 0 aliphatic carbocycles. The van der Waals surface area contributed by atoms with Crippen LogP contribution in [0, 0.1) is 0 Å². The molecule has 0 spiro atoms. The number of rotatable bonds is 5. The Balaban J connectivity index is 1.10. The summed E-state index contributed by atoms with van der Waals surface area (Å²) in [4.78, 5) is 2.36. The van der Waals surface area contributed by atoms with Gasteiger partial charge in [-0.05, 0) is 94.0 Å². The minimum Gasteiger partial charge on any atom is -0.456 e. The van der Waals surface area contributed by atoms with Crippen LogP contribution in [-0.2, 0) is 0 Å². The Morgan fingerprint density at radius 2 is 1.08 bits per heavy atom. The van der Waals surface area contributed by atoms with Gasteiger partial charge in [-0.15, -0.1) is 0 Å². The lowest BCUT2D eigenvalue weighted by molar-refractivity contribution is 0.669. The van der Waals surface area contributed by atoms with Crippen molar-refractivity contribution in [2.75, 3.05) is 4.90 Å². The van der Waals surface area contributed by atoms with E-state index in [0.29, 0.717) is 0 Å². The molecular weight excluding hydrogens is 645 g/mol. The van der Waals surface area contributed by atoms with Gasteiger partial charge in [0.1, 0.15) is 11.2 Å². The molecule has 0 aliphatic rings. The summed E-state index contributed by atoms with van der Waals surface area (Å²) in [5, 5.41) is 9.68. The molecule has 3 nitrogen and oxygen atoms in total. The number of furan rings is 1. The van der Waals surface area contributed by atoms with E-state index in [4.69, 9.17) is 4.42 Å². The Kier molecular flexibility index (Phi) is 6.55. The zero-order valence-electron chi connectivity index (χ0n) is 28.8. The van der Waals surface area contributed by atoms with Crippen molar-refractivity contribution in [3.05, 3.63) is 194 Å². The number of benzene rings is 9. The second kappa shape index (κ2) is 11.7. The van der Waals surface area contributed by atoms with Gasteiger partial charge in [-0.1, -0.05) is 127 Å². The molecule has 53 heavy (non-hydrogen) atoms. The predicted molar refractivity (Wildman–Crippen MR) is 223 cm³/mol. The van der Waals surface area contributed by atoms with E-state index in [0.717, 1.165) is 50.3 Å². The maximum atomic E-state index is 6.22. The van der Waals surface area contributed by atoms with Gasteiger partial charge in [0.15, 0.2) is 0 Å². The normalized spacial score (nSPS) is 11.8. The Bertz CT molecular complexity index is 3170. The molecule has 11 rings (SSSR count). The molecule has 2 heterocycles. The number of hydrogen-bond donors (Lipinski definition) is 0. The van der Waals surface area contributed by atoms with Crippen LogP contribution in [0.5, 0.6) is 0 Å². The Morgan fingerprint density at radius 3 is 1.94 bits per heavy atom. The number of hydrogen-bond acceptors (Lipinski definition) is 2. The molecule has 3 heteroatoms. The van der Waals surface area contributed by atoms with Crippen molar-refractivity contribution >= 4 is 82.4 Å². The first kappa shape index (κ1) is 29.6. The summed E-state index contributed by atoms with van der Waals surface area (Å²) in [5.41, 5.74) is 11.0. The van der Waals surface area contributed by atoms with Gasteiger partial charge in [-0.3, -0.25) is 0 Å². The molecule has 2 aromatic heterocycles. The van der Waals surface area contributed by atoms with E-state index in [2.05, 4.69) is 191 Å². The summed E-state index contributed by atoms with van der Waals surface area (Å²) in [7, 11) is 0. The van der Waals surface area contributed by atoms with Crippen LogP contribution in [0.2, 0.25) is 0 Å². The molecule has 0 amide bonds. The van der Waals surface area contributed by atoms with Crippen LogP contribution in [0.25, 0.3) is 82.1 Å². The zero-order valence-corrected chi connectivity index (χ0v) is 28.8. The van der Waals surface area contributed by atoms with Crippen LogP contribution in [0.1, 0.15) is 0 Å². The maximum Gasteiger partial charge on any atom is 0.136 e. The van der Waals surface area contributed by atoms with Crippen molar-refractivity contribution in [1.29, 1.82) is 0 Å². The predicted octanol–water partition coefficient (Wildman–Crippen LogP) is 14.1. The van der Waals surface area contributed by atoms with Crippen LogP contribution in [0.3, 0.4) is 0 Å². The van der Waals surface area contributed by atoms with Crippen LogP contribution >= 0.6 is 0 Å². The first-order chi connectivity index (χ1) is 26.3. The third-order valence-electron chi connectivity index (χ3n) is 10.7. The molecule has 0 fully saturated rings. The molecule has 0 bridgehead atoms. The van der Waals surface area contributed by atoms with Crippen molar-refractivity contribution < 1.29 is 4.42 Å². The van der Waals surface area contributed by atoms with E-state index < -0.39 is 0 Å². The molecule has 11 aromatic rings. The first-order valence-electron chi connectivity index (χ1n) is 18.1. The molecule has 0 radical (unpaired) electrons. The third-order valence-corrected chi connectivity index (χ3v) is 10.7. The topological polar surface area (TPSA) is 21.3 Å². The monoisotopic (exact) mass is 676 g/mol. The standard InChI is InChI=1S/C50H32N2O/c1-2-14-37(15-3-1)51(38-25-22-35(23-26-38)41-18-10-20-48-49(41)44-17-8-9-19-47(44)53-48)40-28-30-46-45(32-40)43-29-24-34-12-6-7-16-42(34)50(43)52(46)39-27-21-33-11-4-5-13-36(33)31-39/h1-32H. The van der Waals surface area contributed by atoms with Crippen LogP contribution in [0.4, 0.5) is 17.1 Å². The van der Waals surface area contributed by atoms with Gasteiger partial charge in [0.2, 0.25) is 0 Å². The number of para-hydroxylation sites is 2. The van der Waals surface area contributed by atoms with Gasteiger partial charge < -0.3 is 13.9 Å². The maximum absolute atomic E-state index is 6.22. The summed E-state index contributed by atoms with van der Waals surface area (Å²) >= 11 is 0. The molecular formula is C50H32N2O. The highest BCUT2D eigenvalue weighted by Gasteiger charge is 2.20. The SMILES string of the molecule is c1ccc(N(c2ccc(-c3cccc4oc5ccccc5c34)cc2)c2ccc3c(c2)c2ccc4ccccc4c2n3-c2ccc3ccccc3c2)cc1. The van der Waals surface area contributed by atoms with Gasteiger partial charge in [0.05, 0.1) is 11.0 Å². The fourth-order valence-corrected chi connectivity index (χ4v) is 8.32. The largest absolute Gasteiger partial charge is 0.456 e. The lowest BCUT2D eigenvalue weighted by Gasteiger charge is -2.26. The minimum atomic E-state index is 0.905. The fraction of sp³-hybridized carbons (Fsp3) is 0. The van der Waals surface area contributed by atoms with Crippen molar-refractivity contribution in [2.45, 2.75) is 0 Å². The number of nitrogens with zero attached hydrogens (tertiary/aromatic N) is 2. The molecule has 9 aromatic carbocycles. The van der Waals surface area contributed by atoms with Gasteiger partial charge in [-0.2, -0.15) is 0 Å². The van der Waals surface area contributed by atoms with Crippen LogP contribution in [-0.4, -0.2) is 4.57 Å². The van der Waals surface area contributed by atoms with Crippen molar-refractivity contribution in [3.8, 4) is 16.8 Å². The lowest BCUT2D eigenvalue weighted by atomic mass is 9.99. The summed E-state index contributed by atoms with van der Waals surface area (Å²) in [6, 6.07) is 69.8. The van der Waals surface area contributed by atoms with Gasteiger partial charge in [0, 0.05) is 49.7 Å². The Morgan fingerprint density at radius 1 is 0.396 bits per heavy atom. The van der Waals surface area contributed by atoms with Crippen molar-refractivity contribution in [1.82, 2.24) is 4.57 Å². The van der Waals surface area contributed by atoms with E-state index in [9.17, 15) is 0 Å². The summed E-state index contributed by atoms with van der Waals surface area (Å²) < 4.78 is 8.67. The van der Waals surface area contributed by atoms with Gasteiger partial charge in [-0.25, -0.2) is 0 Å². The fourth-order valence-electron chi connectivity index (χ4n) is 8.32. The number of fused-ring (bicyclic) bond motifs is 9. The van der Waals surface area contributed by atoms with E-state index in [1.165, 1.54) is 48.9 Å². The van der Waals surface area contributed by atoms with E-state index in [-0.39, 0.29) is 0 Å². The molecule has 0 unspecified atom stereocenters. The van der Waals surface area contributed by atoms with E-state index in [1.54, 1.807) is 0 Å². The van der Waals surface area contributed by atoms with Crippen molar-refractivity contribution in [2.24, 2.45) is 0 Å². The minimum absolute atomic E-state index is 0.905. The molecule has 0 N–H and O–H groups in total. The summed E-state index contributed by atoms with van der Waals surface area (Å²) in [6.07, 6.45) is 0. The van der Waals surface area contributed by atoms with E-state index in [1.807, 2.05) is 12.1 Å². The number of aromatic nitrogens is 1. The molecule has 0 saturated heterocycles. The second-order valence-corrected chi connectivity index (χ2v) is 13.7. The first-order valence-corrected chi connectivity index (χ1v) is 18.1. The highest BCUT2D eigenvalue weighted by atomic mass is 16.3. The summed E-state index contributed by atoms with van der Waals surface area (Å²) in [6.45, 7) is 0. The average molecular weight is 677 g/mol. The lowest BCUT2D eigenvalue weighted by Crippen LogP contribution is -2.09. The Labute approximate surface area is 306 Å². The number of anilines is 3. The highest BCUT2D eigenvalue weighted by Crippen LogP contribution is 2.43. The summed E-state index contributed by atoms with van der Waals surface area (Å²) in [5.74, 6) is 0. The molecule has 0 aliphatic heterocycles. The third kappa shape index (κ3) is 4.68. The smallest absolute Gasteiger partial charge is 0.136 e. The molecule has 248 valence electrons. The van der Waals surface area contributed by atoms with E-state index >= 15 is 0 Å². The average Bonchev–Trinajstić information content (AvgIpc) is 3.77. The van der Waals surface area contributed by atoms with Crippen LogP contribution < -0.4 is 4.90 Å². The van der Waals surface area contributed by atoms with Gasteiger partial charge in [0.25, 0.3) is 0 Å². The van der Waals surface area contributed by atoms with Gasteiger partial charge >= 0.3 is 0 Å². The van der Waals surface area contributed by atoms with Crippen molar-refractivity contribution in [3.63, 3.8) is 0 Å². The van der Waals surface area contributed by atoms with Crippen LogP contribution in [0.15, 0.2) is 199 Å².